The largest absolute Gasteiger partial charge is 0.317 e. The average Bonchev–Trinajstić information content (AvgIpc) is 2.98. The molecule has 2 N–H and O–H groups in total. The smallest absolute Gasteiger partial charge is 0.276 e. The van der Waals surface area contributed by atoms with Crippen LogP contribution in [0.25, 0.3) is 0 Å². The van der Waals surface area contributed by atoms with Gasteiger partial charge >= 0.3 is 0 Å². The zero-order chi connectivity index (χ0) is 22.6. The number of hydrogen-bond acceptors (Lipinski definition) is 6. The van der Waals surface area contributed by atoms with Gasteiger partial charge in [-0.15, -0.1) is 0 Å². The number of fused-ring (bicyclic) bond motifs is 1. The summed E-state index contributed by atoms with van der Waals surface area (Å²) in [4.78, 5) is 52.0. The Labute approximate surface area is 183 Å². The Morgan fingerprint density at radius 3 is 2.41 bits per heavy atom. The second-order valence-electron chi connectivity index (χ2n) is 9.03. The predicted molar refractivity (Wildman–Crippen MR) is 108 cm³/mol. The van der Waals surface area contributed by atoms with Crippen LogP contribution in [0.1, 0.15) is 52.0 Å². The number of carbonyl (C=O) groups is 4. The highest BCUT2D eigenvalue weighted by Gasteiger charge is 2.57. The molecule has 0 bridgehead atoms. The van der Waals surface area contributed by atoms with Gasteiger partial charge in [0.2, 0.25) is 11.8 Å². The van der Waals surface area contributed by atoms with E-state index in [1.165, 1.54) is 6.07 Å². The molecule has 1 aromatic carbocycles. The zero-order valence-electron chi connectivity index (χ0n) is 17.4. The minimum Gasteiger partial charge on any atom is -0.317 e. The molecule has 3 saturated heterocycles. The van der Waals surface area contributed by atoms with E-state index in [-0.39, 0.29) is 43.0 Å². The average molecular weight is 446 g/mol. The number of amides is 4. The van der Waals surface area contributed by atoms with E-state index in [0.717, 1.165) is 18.0 Å². The fourth-order valence-corrected chi connectivity index (χ4v) is 5.43. The van der Waals surface area contributed by atoms with Gasteiger partial charge in [0, 0.05) is 13.0 Å². The van der Waals surface area contributed by atoms with Crippen molar-refractivity contribution in [2.45, 2.75) is 50.2 Å². The van der Waals surface area contributed by atoms with E-state index in [9.17, 15) is 28.0 Å². The summed E-state index contributed by atoms with van der Waals surface area (Å²) in [5.74, 6) is -5.07. The first-order valence-corrected chi connectivity index (χ1v) is 10.9. The third-order valence-electron chi connectivity index (χ3n) is 6.96. The maximum absolute atomic E-state index is 14.4. The van der Waals surface area contributed by atoms with E-state index in [1.807, 2.05) is 0 Å². The van der Waals surface area contributed by atoms with Crippen LogP contribution in [0.5, 0.6) is 0 Å². The van der Waals surface area contributed by atoms with Gasteiger partial charge < -0.3 is 5.32 Å². The lowest BCUT2D eigenvalue weighted by molar-refractivity contribution is -0.208. The van der Waals surface area contributed by atoms with Crippen LogP contribution in [0, 0.1) is 5.92 Å². The molecule has 32 heavy (non-hydrogen) atoms. The Morgan fingerprint density at radius 2 is 1.72 bits per heavy atom. The SMILES string of the molecule is O=C1CCC(N2C(=O)c3ccc(CN4CC(F)(F)C4C4CCNCC4)cc3C2=O)C(=O)N1. The lowest BCUT2D eigenvalue weighted by Gasteiger charge is -2.52. The summed E-state index contributed by atoms with van der Waals surface area (Å²) in [6.45, 7) is 1.40. The van der Waals surface area contributed by atoms with Gasteiger partial charge in [-0.3, -0.25) is 34.3 Å². The van der Waals surface area contributed by atoms with Gasteiger partial charge in [0.05, 0.1) is 23.7 Å². The number of nitrogens with one attached hydrogen (secondary N) is 2. The van der Waals surface area contributed by atoms with Crippen molar-refractivity contribution in [3.63, 3.8) is 0 Å². The molecule has 0 aliphatic carbocycles. The number of benzene rings is 1. The van der Waals surface area contributed by atoms with Gasteiger partial charge in [-0.05, 0) is 56.0 Å². The second kappa shape index (κ2) is 7.70. The van der Waals surface area contributed by atoms with Crippen LogP contribution in [0.2, 0.25) is 0 Å². The van der Waals surface area contributed by atoms with Crippen molar-refractivity contribution in [3.8, 4) is 0 Å². The molecule has 0 spiro atoms. The quantitative estimate of drug-likeness (QED) is 0.668. The summed E-state index contributed by atoms with van der Waals surface area (Å²) in [6.07, 6.45) is 1.55. The van der Waals surface area contributed by atoms with E-state index in [1.54, 1.807) is 17.0 Å². The Balaban J connectivity index is 1.34. The van der Waals surface area contributed by atoms with Crippen LogP contribution in [-0.2, 0) is 16.1 Å². The molecule has 2 unspecified atom stereocenters. The van der Waals surface area contributed by atoms with Gasteiger partial charge in [0.15, 0.2) is 0 Å². The van der Waals surface area contributed by atoms with Crippen LogP contribution < -0.4 is 10.6 Å². The van der Waals surface area contributed by atoms with E-state index in [4.69, 9.17) is 0 Å². The highest BCUT2D eigenvalue weighted by Crippen LogP contribution is 2.43. The third kappa shape index (κ3) is 3.41. The van der Waals surface area contributed by atoms with Gasteiger partial charge in [-0.25, -0.2) is 8.78 Å². The number of nitrogens with zero attached hydrogens (tertiary/aromatic N) is 2. The first-order valence-electron chi connectivity index (χ1n) is 10.9. The van der Waals surface area contributed by atoms with Crippen molar-refractivity contribution < 1.29 is 28.0 Å². The highest BCUT2D eigenvalue weighted by atomic mass is 19.3. The van der Waals surface area contributed by atoms with Gasteiger partial charge in [-0.1, -0.05) is 6.07 Å². The minimum atomic E-state index is -2.73. The molecule has 0 aromatic heterocycles. The van der Waals surface area contributed by atoms with Gasteiger partial charge in [0.1, 0.15) is 6.04 Å². The monoisotopic (exact) mass is 446 g/mol. The second-order valence-corrected chi connectivity index (χ2v) is 9.03. The first kappa shape index (κ1) is 21.1. The first-order chi connectivity index (χ1) is 15.3. The standard InChI is InChI=1S/C22H24F2N4O4/c23-22(24)11-27(18(22)13-5-7-25-8-6-13)10-12-1-2-14-15(9-12)21(32)28(20(14)31)16-3-4-17(29)26-19(16)30/h1-2,9,13,16,18,25H,3-8,10-11H2,(H,26,29,30). The van der Waals surface area contributed by atoms with Crippen LogP contribution >= 0.6 is 0 Å². The molecule has 4 aliphatic heterocycles. The molecular weight excluding hydrogens is 422 g/mol. The van der Waals surface area contributed by atoms with Crippen molar-refractivity contribution in [1.29, 1.82) is 0 Å². The van der Waals surface area contributed by atoms with Crippen molar-refractivity contribution >= 4 is 23.6 Å². The maximum atomic E-state index is 14.4. The summed E-state index contributed by atoms with van der Waals surface area (Å²) in [6, 6.07) is 2.91. The van der Waals surface area contributed by atoms with Gasteiger partial charge in [0.25, 0.3) is 17.7 Å². The maximum Gasteiger partial charge on any atom is 0.276 e. The number of imide groups is 2. The van der Waals surface area contributed by atoms with Crippen molar-refractivity contribution in [2.24, 2.45) is 5.92 Å². The van der Waals surface area contributed by atoms with Crippen LogP contribution in [0.3, 0.4) is 0 Å². The predicted octanol–water partition coefficient (Wildman–Crippen LogP) is 0.907. The minimum absolute atomic E-state index is 0.0519. The lowest BCUT2D eigenvalue weighted by Crippen LogP contribution is -2.68. The van der Waals surface area contributed by atoms with E-state index >= 15 is 0 Å². The molecule has 4 amide bonds. The summed E-state index contributed by atoms with van der Waals surface area (Å²) in [7, 11) is 0. The molecule has 0 radical (unpaired) electrons. The van der Waals surface area contributed by atoms with E-state index in [0.29, 0.717) is 18.4 Å². The molecule has 5 rings (SSSR count). The topological polar surface area (TPSA) is 98.8 Å². The summed E-state index contributed by atoms with van der Waals surface area (Å²) in [5, 5.41) is 5.36. The van der Waals surface area contributed by atoms with Crippen molar-refractivity contribution in [2.75, 3.05) is 19.6 Å². The summed E-state index contributed by atoms with van der Waals surface area (Å²) >= 11 is 0. The van der Waals surface area contributed by atoms with Crippen LogP contribution in [0.4, 0.5) is 8.78 Å². The lowest BCUT2D eigenvalue weighted by atomic mass is 9.80. The van der Waals surface area contributed by atoms with Gasteiger partial charge in [-0.2, -0.15) is 0 Å². The molecule has 4 heterocycles. The molecule has 170 valence electrons. The Bertz CT molecular complexity index is 1010. The van der Waals surface area contributed by atoms with Crippen molar-refractivity contribution in [1.82, 2.24) is 20.4 Å². The Kier molecular flexibility index (Phi) is 5.09. The van der Waals surface area contributed by atoms with Crippen LogP contribution in [-0.4, -0.2) is 71.1 Å². The number of halogens is 2. The molecular formula is C22H24F2N4O4. The zero-order valence-corrected chi connectivity index (χ0v) is 17.4. The molecule has 3 fully saturated rings. The molecule has 10 heteroatoms. The van der Waals surface area contributed by atoms with E-state index < -0.39 is 41.6 Å². The molecule has 4 aliphatic rings. The number of rotatable bonds is 4. The fourth-order valence-electron chi connectivity index (χ4n) is 5.43. The molecule has 1 aromatic rings. The number of piperidine rings is 2. The molecule has 2 atom stereocenters. The highest BCUT2D eigenvalue weighted by molar-refractivity contribution is 6.23. The normalized spacial score (nSPS) is 28.5. The summed E-state index contributed by atoms with van der Waals surface area (Å²) in [5.41, 5.74) is 1.03. The third-order valence-corrected chi connectivity index (χ3v) is 6.96. The number of likely N-dealkylation sites (tertiary alicyclic amines) is 1. The molecule has 8 nitrogen and oxygen atoms in total. The fraction of sp³-hybridized carbons (Fsp3) is 0.545. The van der Waals surface area contributed by atoms with E-state index in [2.05, 4.69) is 10.6 Å². The Morgan fingerprint density at radius 1 is 1.00 bits per heavy atom. The number of carbonyl (C=O) groups excluding carboxylic acids is 4. The van der Waals surface area contributed by atoms with Crippen LogP contribution in [0.15, 0.2) is 18.2 Å². The Hall–Kier alpha value is -2.72. The molecule has 0 saturated carbocycles. The summed E-state index contributed by atoms with van der Waals surface area (Å²) < 4.78 is 28.7. The number of hydrogen-bond donors (Lipinski definition) is 2. The van der Waals surface area contributed by atoms with Crippen molar-refractivity contribution in [3.05, 3.63) is 34.9 Å². The number of alkyl halides is 2.